The summed E-state index contributed by atoms with van der Waals surface area (Å²) < 4.78 is 0. The minimum Gasteiger partial charge on any atom is -0.292 e. The number of Topliss-reactive ketones (excluding diaryl/α,β-unsaturated/α-hetero) is 1. The van der Waals surface area contributed by atoms with Gasteiger partial charge in [-0.25, -0.2) is 0 Å². The van der Waals surface area contributed by atoms with Gasteiger partial charge in [-0.2, -0.15) is 0 Å². The van der Waals surface area contributed by atoms with Gasteiger partial charge in [0.25, 0.3) is 0 Å². The fourth-order valence-corrected chi connectivity index (χ4v) is 1.84. The van der Waals surface area contributed by atoms with Crippen LogP contribution in [-0.2, 0) is 6.42 Å². The fraction of sp³-hybridized carbons (Fsp3) is 0.500. The van der Waals surface area contributed by atoms with Gasteiger partial charge in [0.1, 0.15) is 5.69 Å². The van der Waals surface area contributed by atoms with Crippen LogP contribution in [-0.4, -0.2) is 10.8 Å². The van der Waals surface area contributed by atoms with Gasteiger partial charge < -0.3 is 0 Å². The van der Waals surface area contributed by atoms with Crippen LogP contribution in [0.5, 0.6) is 0 Å². The second-order valence-electron chi connectivity index (χ2n) is 4.21. The Morgan fingerprint density at radius 2 is 2.14 bits per heavy atom. The summed E-state index contributed by atoms with van der Waals surface area (Å²) >= 11 is 0. The maximum absolute atomic E-state index is 11.5. The number of hydrogen-bond acceptors (Lipinski definition) is 2. The molecule has 0 aliphatic heterocycles. The highest BCUT2D eigenvalue weighted by molar-refractivity contribution is 5.96. The number of carbonyl (C=O) groups excluding carboxylic acids is 1. The van der Waals surface area contributed by atoms with E-state index in [0.717, 1.165) is 18.4 Å². The third-order valence-corrected chi connectivity index (χ3v) is 2.77. The summed E-state index contributed by atoms with van der Waals surface area (Å²) in [7, 11) is 0. The molecule has 1 aliphatic carbocycles. The Kier molecular flexibility index (Phi) is 2.36. The minimum absolute atomic E-state index is 0.210. The van der Waals surface area contributed by atoms with E-state index in [1.165, 1.54) is 5.56 Å². The van der Waals surface area contributed by atoms with E-state index in [9.17, 15) is 4.79 Å². The Labute approximate surface area is 84.4 Å². The van der Waals surface area contributed by atoms with Crippen LogP contribution in [0.1, 0.15) is 54.2 Å². The Hall–Kier alpha value is -1.18. The van der Waals surface area contributed by atoms with E-state index < -0.39 is 0 Å². The maximum atomic E-state index is 11.5. The molecule has 0 bridgehead atoms. The lowest BCUT2D eigenvalue weighted by atomic mass is 9.92. The molecule has 0 fully saturated rings. The number of rotatable bonds is 1. The molecule has 2 heteroatoms. The first-order valence-electron chi connectivity index (χ1n) is 5.20. The Balaban J connectivity index is 2.44. The number of nitrogens with zero attached hydrogens (tertiary/aromatic N) is 1. The molecule has 74 valence electrons. The van der Waals surface area contributed by atoms with Crippen LogP contribution in [0, 0.1) is 0 Å². The normalized spacial score (nSPS) is 15.8. The van der Waals surface area contributed by atoms with Crippen molar-refractivity contribution in [1.29, 1.82) is 0 Å². The molecular formula is C12H15NO. The number of carbonyl (C=O) groups is 1. The largest absolute Gasteiger partial charge is 0.292 e. The summed E-state index contributed by atoms with van der Waals surface area (Å²) in [5, 5.41) is 0. The van der Waals surface area contributed by atoms with E-state index in [4.69, 9.17) is 0 Å². The van der Waals surface area contributed by atoms with Gasteiger partial charge in [0.15, 0.2) is 5.78 Å². The standard InChI is InChI=1S/C12H15NO/c1-8(2)10-6-9-4-3-5-11(14)12(9)13-7-10/h6-8H,3-5H2,1-2H3. The van der Waals surface area contributed by atoms with E-state index >= 15 is 0 Å². The first kappa shape index (κ1) is 9.38. The van der Waals surface area contributed by atoms with Crippen molar-refractivity contribution < 1.29 is 4.79 Å². The van der Waals surface area contributed by atoms with Gasteiger partial charge in [-0.3, -0.25) is 9.78 Å². The van der Waals surface area contributed by atoms with Crippen molar-refractivity contribution >= 4 is 5.78 Å². The molecule has 1 heterocycles. The smallest absolute Gasteiger partial charge is 0.181 e. The van der Waals surface area contributed by atoms with E-state index in [0.29, 0.717) is 18.0 Å². The first-order valence-corrected chi connectivity index (χ1v) is 5.20. The summed E-state index contributed by atoms with van der Waals surface area (Å²) in [6.07, 6.45) is 4.50. The van der Waals surface area contributed by atoms with Crippen LogP contribution in [0.15, 0.2) is 12.3 Å². The van der Waals surface area contributed by atoms with Gasteiger partial charge in [0.2, 0.25) is 0 Å². The third-order valence-electron chi connectivity index (χ3n) is 2.77. The molecule has 0 saturated heterocycles. The quantitative estimate of drug-likeness (QED) is 0.680. The van der Waals surface area contributed by atoms with Crippen molar-refractivity contribution in [2.24, 2.45) is 0 Å². The van der Waals surface area contributed by atoms with Gasteiger partial charge in [-0.1, -0.05) is 19.9 Å². The minimum atomic E-state index is 0.210. The molecular weight excluding hydrogens is 174 g/mol. The number of ketones is 1. The molecule has 0 atom stereocenters. The lowest BCUT2D eigenvalue weighted by Gasteiger charge is -2.15. The topological polar surface area (TPSA) is 30.0 Å². The van der Waals surface area contributed by atoms with Crippen LogP contribution in [0.3, 0.4) is 0 Å². The highest BCUT2D eigenvalue weighted by Crippen LogP contribution is 2.23. The second kappa shape index (κ2) is 3.52. The zero-order chi connectivity index (χ0) is 10.1. The average molecular weight is 189 g/mol. The molecule has 1 aliphatic rings. The highest BCUT2D eigenvalue weighted by atomic mass is 16.1. The number of aryl methyl sites for hydroxylation is 1. The molecule has 0 unspecified atom stereocenters. The number of fused-ring (bicyclic) bond motifs is 1. The molecule has 2 rings (SSSR count). The zero-order valence-electron chi connectivity index (χ0n) is 8.71. The number of aromatic nitrogens is 1. The van der Waals surface area contributed by atoms with Gasteiger partial charge in [0.05, 0.1) is 0 Å². The van der Waals surface area contributed by atoms with Crippen molar-refractivity contribution in [3.63, 3.8) is 0 Å². The molecule has 14 heavy (non-hydrogen) atoms. The van der Waals surface area contributed by atoms with Gasteiger partial charge >= 0.3 is 0 Å². The Bertz CT molecular complexity index is 369. The highest BCUT2D eigenvalue weighted by Gasteiger charge is 2.18. The van der Waals surface area contributed by atoms with E-state index in [1.807, 2.05) is 6.20 Å². The monoisotopic (exact) mass is 189 g/mol. The molecule has 2 nitrogen and oxygen atoms in total. The van der Waals surface area contributed by atoms with Crippen molar-refractivity contribution in [2.75, 3.05) is 0 Å². The third kappa shape index (κ3) is 1.57. The van der Waals surface area contributed by atoms with Crippen LogP contribution in [0.4, 0.5) is 0 Å². The fourth-order valence-electron chi connectivity index (χ4n) is 1.84. The van der Waals surface area contributed by atoms with Crippen LogP contribution >= 0.6 is 0 Å². The van der Waals surface area contributed by atoms with E-state index in [2.05, 4.69) is 24.9 Å². The molecule has 0 saturated carbocycles. The molecule has 1 aromatic heterocycles. The Morgan fingerprint density at radius 3 is 2.86 bits per heavy atom. The van der Waals surface area contributed by atoms with Crippen molar-refractivity contribution in [3.05, 3.63) is 29.1 Å². The molecule has 0 spiro atoms. The summed E-state index contributed by atoms with van der Waals surface area (Å²) in [6, 6.07) is 2.14. The predicted molar refractivity (Wildman–Crippen MR) is 55.6 cm³/mol. The van der Waals surface area contributed by atoms with Crippen LogP contribution in [0.25, 0.3) is 0 Å². The molecule has 0 amide bonds. The van der Waals surface area contributed by atoms with Crippen molar-refractivity contribution in [2.45, 2.75) is 39.0 Å². The Morgan fingerprint density at radius 1 is 1.36 bits per heavy atom. The SMILES string of the molecule is CC(C)c1cnc2c(c1)CCCC2=O. The zero-order valence-corrected chi connectivity index (χ0v) is 8.71. The molecule has 0 N–H and O–H groups in total. The number of hydrogen-bond donors (Lipinski definition) is 0. The molecule has 1 aromatic rings. The summed E-state index contributed by atoms with van der Waals surface area (Å²) in [5.41, 5.74) is 3.09. The van der Waals surface area contributed by atoms with Crippen molar-refractivity contribution in [3.8, 4) is 0 Å². The van der Waals surface area contributed by atoms with Gasteiger partial charge in [-0.15, -0.1) is 0 Å². The number of pyridine rings is 1. The van der Waals surface area contributed by atoms with Crippen LogP contribution in [0.2, 0.25) is 0 Å². The van der Waals surface area contributed by atoms with E-state index in [1.54, 1.807) is 0 Å². The second-order valence-corrected chi connectivity index (χ2v) is 4.21. The summed E-state index contributed by atoms with van der Waals surface area (Å²) in [5.74, 6) is 0.700. The average Bonchev–Trinajstić information content (AvgIpc) is 2.17. The molecule has 0 radical (unpaired) electrons. The van der Waals surface area contributed by atoms with E-state index in [-0.39, 0.29) is 5.78 Å². The van der Waals surface area contributed by atoms with Gasteiger partial charge in [0, 0.05) is 12.6 Å². The lowest BCUT2D eigenvalue weighted by Crippen LogP contribution is -2.13. The summed E-state index contributed by atoms with van der Waals surface area (Å²) in [4.78, 5) is 15.8. The lowest BCUT2D eigenvalue weighted by molar-refractivity contribution is 0.0967. The molecule has 0 aromatic carbocycles. The predicted octanol–water partition coefficient (Wildman–Crippen LogP) is 2.72. The summed E-state index contributed by atoms with van der Waals surface area (Å²) in [6.45, 7) is 4.29. The van der Waals surface area contributed by atoms with Crippen molar-refractivity contribution in [1.82, 2.24) is 4.98 Å². The first-order chi connectivity index (χ1) is 6.68. The van der Waals surface area contributed by atoms with Gasteiger partial charge in [-0.05, 0) is 29.9 Å². The maximum Gasteiger partial charge on any atom is 0.181 e. The van der Waals surface area contributed by atoms with Crippen LogP contribution < -0.4 is 0 Å².